The highest BCUT2D eigenvalue weighted by Gasteiger charge is 2.24. The maximum absolute atomic E-state index is 6.60. The lowest BCUT2D eigenvalue weighted by Crippen LogP contribution is -2.16. The van der Waals surface area contributed by atoms with Gasteiger partial charge in [-0.05, 0) is 18.6 Å². The van der Waals surface area contributed by atoms with E-state index in [-0.39, 0.29) is 6.04 Å². The summed E-state index contributed by atoms with van der Waals surface area (Å²) >= 11 is 0. The minimum Gasteiger partial charge on any atom is -0.475 e. The molecule has 4 rings (SSSR count). The molecule has 0 amide bonds. The Morgan fingerprint density at radius 1 is 0.889 bits per heavy atom. The zero-order valence-corrected chi connectivity index (χ0v) is 16.2. The highest BCUT2D eigenvalue weighted by molar-refractivity contribution is 7.68. The summed E-state index contributed by atoms with van der Waals surface area (Å²) in [6.45, 7) is 2.78. The zero-order valence-electron chi connectivity index (χ0n) is 15.3. The SMILES string of the molecule is CC[C@@H]1COC(c2ccccc2OP(c2ccccc2)c2ccccc2)=N1. The average Bonchev–Trinajstić information content (AvgIpc) is 3.23. The Hall–Kier alpha value is -2.64. The Morgan fingerprint density at radius 3 is 2.07 bits per heavy atom. The van der Waals surface area contributed by atoms with Gasteiger partial charge in [0.1, 0.15) is 12.4 Å². The Balaban J connectivity index is 1.71. The van der Waals surface area contributed by atoms with Gasteiger partial charge in [-0.2, -0.15) is 0 Å². The number of para-hydroxylation sites is 1. The van der Waals surface area contributed by atoms with E-state index in [4.69, 9.17) is 14.3 Å². The molecule has 0 saturated heterocycles. The molecule has 0 aliphatic carbocycles. The molecule has 0 aromatic heterocycles. The van der Waals surface area contributed by atoms with Crippen molar-refractivity contribution in [2.45, 2.75) is 19.4 Å². The number of hydrogen-bond acceptors (Lipinski definition) is 3. The van der Waals surface area contributed by atoms with Crippen LogP contribution >= 0.6 is 8.15 Å². The van der Waals surface area contributed by atoms with Crippen LogP contribution in [0.5, 0.6) is 5.75 Å². The molecule has 0 N–H and O–H groups in total. The predicted molar refractivity (Wildman–Crippen MR) is 113 cm³/mol. The van der Waals surface area contributed by atoms with E-state index in [2.05, 4.69) is 55.5 Å². The number of hydrogen-bond donors (Lipinski definition) is 0. The quantitative estimate of drug-likeness (QED) is 0.586. The zero-order chi connectivity index (χ0) is 18.5. The molecule has 136 valence electrons. The molecular formula is C23H22NO2P. The number of aliphatic imine (C=N–C) groups is 1. The van der Waals surface area contributed by atoms with Crippen LogP contribution in [0.2, 0.25) is 0 Å². The van der Waals surface area contributed by atoms with Crippen molar-refractivity contribution < 1.29 is 9.26 Å². The fraction of sp³-hybridized carbons (Fsp3) is 0.174. The minimum atomic E-state index is -0.983. The molecule has 1 aliphatic heterocycles. The van der Waals surface area contributed by atoms with Gasteiger partial charge < -0.3 is 9.26 Å². The summed E-state index contributed by atoms with van der Waals surface area (Å²) in [5, 5.41) is 2.35. The summed E-state index contributed by atoms with van der Waals surface area (Å²) in [5.41, 5.74) is 0.924. The van der Waals surface area contributed by atoms with Crippen LogP contribution in [-0.2, 0) is 4.74 Å². The second-order valence-electron chi connectivity index (χ2n) is 6.36. The summed E-state index contributed by atoms with van der Waals surface area (Å²) in [4.78, 5) is 4.71. The summed E-state index contributed by atoms with van der Waals surface area (Å²) < 4.78 is 12.5. The van der Waals surface area contributed by atoms with Gasteiger partial charge in [0.05, 0.1) is 11.6 Å². The summed E-state index contributed by atoms with van der Waals surface area (Å²) in [5.74, 6) is 1.50. The molecule has 1 aliphatic rings. The number of rotatable bonds is 6. The molecule has 4 heteroatoms. The first kappa shape index (κ1) is 17.8. The third-order valence-electron chi connectivity index (χ3n) is 4.47. The van der Waals surface area contributed by atoms with Crippen LogP contribution in [-0.4, -0.2) is 18.5 Å². The van der Waals surface area contributed by atoms with Crippen LogP contribution in [0.25, 0.3) is 0 Å². The van der Waals surface area contributed by atoms with E-state index >= 15 is 0 Å². The number of ether oxygens (including phenoxy) is 1. The normalized spacial score (nSPS) is 16.1. The van der Waals surface area contributed by atoms with Gasteiger partial charge in [-0.3, -0.25) is 0 Å². The smallest absolute Gasteiger partial charge is 0.220 e. The Kier molecular flexibility index (Phi) is 5.50. The van der Waals surface area contributed by atoms with Crippen LogP contribution in [0.3, 0.4) is 0 Å². The standard InChI is InChI=1S/C23H22NO2P/c1-2-18-17-25-23(24-18)21-15-9-10-16-22(21)26-27(19-11-5-3-6-12-19)20-13-7-4-8-14-20/h3-16,18H,2,17H2,1H3/t18-/m1/s1. The summed E-state index contributed by atoms with van der Waals surface area (Å²) in [6, 6.07) is 29.0. The van der Waals surface area contributed by atoms with Crippen molar-refractivity contribution in [3.05, 3.63) is 90.5 Å². The highest BCUT2D eigenvalue weighted by Crippen LogP contribution is 2.38. The van der Waals surface area contributed by atoms with Gasteiger partial charge in [-0.1, -0.05) is 79.7 Å². The molecule has 0 saturated carbocycles. The molecule has 27 heavy (non-hydrogen) atoms. The van der Waals surface area contributed by atoms with Gasteiger partial charge in [-0.25, -0.2) is 4.99 Å². The van der Waals surface area contributed by atoms with Crippen LogP contribution in [0.1, 0.15) is 18.9 Å². The van der Waals surface area contributed by atoms with Gasteiger partial charge >= 0.3 is 0 Å². The number of nitrogens with zero attached hydrogens (tertiary/aromatic N) is 1. The maximum atomic E-state index is 6.60. The molecule has 3 aromatic carbocycles. The third kappa shape index (κ3) is 4.04. The van der Waals surface area contributed by atoms with E-state index in [1.165, 1.54) is 10.6 Å². The molecule has 3 nitrogen and oxygen atoms in total. The molecule has 1 heterocycles. The molecule has 0 radical (unpaired) electrons. The molecule has 0 spiro atoms. The fourth-order valence-electron chi connectivity index (χ4n) is 2.97. The molecule has 0 fully saturated rings. The number of benzene rings is 3. The lowest BCUT2D eigenvalue weighted by Gasteiger charge is -2.21. The van der Waals surface area contributed by atoms with Gasteiger partial charge in [0.15, 0.2) is 8.15 Å². The average molecular weight is 375 g/mol. The maximum Gasteiger partial charge on any atom is 0.220 e. The Bertz CT molecular complexity index is 872. The molecular weight excluding hydrogens is 353 g/mol. The molecule has 1 atom stereocenters. The molecule has 3 aromatic rings. The van der Waals surface area contributed by atoms with Crippen molar-refractivity contribution in [2.75, 3.05) is 6.61 Å². The van der Waals surface area contributed by atoms with E-state index in [1.807, 2.05) is 36.4 Å². The van der Waals surface area contributed by atoms with E-state index in [0.29, 0.717) is 12.5 Å². The lowest BCUT2D eigenvalue weighted by molar-refractivity contribution is 0.314. The van der Waals surface area contributed by atoms with Gasteiger partial charge in [0.25, 0.3) is 0 Å². The first-order valence-corrected chi connectivity index (χ1v) is 10.5. The molecule has 0 unspecified atom stereocenters. The van der Waals surface area contributed by atoms with Crippen LogP contribution < -0.4 is 15.1 Å². The third-order valence-corrected chi connectivity index (χ3v) is 6.39. The van der Waals surface area contributed by atoms with Gasteiger partial charge in [0.2, 0.25) is 5.90 Å². The predicted octanol–water partition coefficient (Wildman–Crippen LogP) is 4.67. The summed E-state index contributed by atoms with van der Waals surface area (Å²) in [6.07, 6.45) is 0.979. The highest BCUT2D eigenvalue weighted by atomic mass is 31.1. The fourth-order valence-corrected chi connectivity index (χ4v) is 4.73. The van der Waals surface area contributed by atoms with Crippen molar-refractivity contribution in [3.8, 4) is 5.75 Å². The van der Waals surface area contributed by atoms with Crippen molar-refractivity contribution in [2.24, 2.45) is 4.99 Å². The van der Waals surface area contributed by atoms with E-state index in [0.717, 1.165) is 17.7 Å². The van der Waals surface area contributed by atoms with Crippen LogP contribution in [0.15, 0.2) is 89.9 Å². The minimum absolute atomic E-state index is 0.234. The van der Waals surface area contributed by atoms with Crippen molar-refractivity contribution >= 4 is 24.7 Å². The summed E-state index contributed by atoms with van der Waals surface area (Å²) in [7, 11) is -0.983. The van der Waals surface area contributed by atoms with Crippen LogP contribution in [0.4, 0.5) is 0 Å². The first-order chi connectivity index (χ1) is 13.3. The topological polar surface area (TPSA) is 30.8 Å². The second kappa shape index (κ2) is 8.37. The van der Waals surface area contributed by atoms with Crippen molar-refractivity contribution in [1.29, 1.82) is 0 Å². The van der Waals surface area contributed by atoms with E-state index in [9.17, 15) is 0 Å². The largest absolute Gasteiger partial charge is 0.475 e. The van der Waals surface area contributed by atoms with Gasteiger partial charge in [-0.15, -0.1) is 0 Å². The van der Waals surface area contributed by atoms with Crippen molar-refractivity contribution in [3.63, 3.8) is 0 Å². The molecule has 0 bridgehead atoms. The lowest BCUT2D eigenvalue weighted by atomic mass is 10.2. The van der Waals surface area contributed by atoms with E-state index in [1.54, 1.807) is 0 Å². The Morgan fingerprint density at radius 2 is 1.48 bits per heavy atom. The van der Waals surface area contributed by atoms with Crippen LogP contribution in [0, 0.1) is 0 Å². The second-order valence-corrected chi connectivity index (χ2v) is 8.16. The Labute approximate surface area is 161 Å². The van der Waals surface area contributed by atoms with E-state index < -0.39 is 8.15 Å². The van der Waals surface area contributed by atoms with Crippen molar-refractivity contribution in [1.82, 2.24) is 0 Å². The monoisotopic (exact) mass is 375 g/mol. The van der Waals surface area contributed by atoms with Gasteiger partial charge in [0, 0.05) is 10.6 Å². The first-order valence-electron chi connectivity index (χ1n) is 9.23.